The number of fused-ring (bicyclic) bond motifs is 1. The normalized spacial score (nSPS) is 20.7. The van der Waals surface area contributed by atoms with Crippen LogP contribution in [0.3, 0.4) is 0 Å². The second kappa shape index (κ2) is 9.88. The van der Waals surface area contributed by atoms with Gasteiger partial charge in [-0.3, -0.25) is 9.59 Å². The van der Waals surface area contributed by atoms with E-state index in [4.69, 9.17) is 0 Å². The minimum atomic E-state index is -3.72. The van der Waals surface area contributed by atoms with Crippen molar-refractivity contribution in [2.75, 3.05) is 24.5 Å². The molecule has 0 saturated carbocycles. The summed E-state index contributed by atoms with van der Waals surface area (Å²) in [6.07, 6.45) is 2.70. The fourth-order valence-corrected chi connectivity index (χ4v) is 6.58. The van der Waals surface area contributed by atoms with Crippen molar-refractivity contribution in [3.63, 3.8) is 0 Å². The van der Waals surface area contributed by atoms with Crippen molar-refractivity contribution in [2.45, 2.75) is 57.4 Å². The Morgan fingerprint density at radius 1 is 1.12 bits per heavy atom. The Bertz CT molecular complexity index is 1180. The summed E-state index contributed by atoms with van der Waals surface area (Å²) < 4.78 is 28.2. The zero-order chi connectivity index (χ0) is 24.5. The minimum Gasteiger partial charge on any atom is -0.355 e. The Hall–Kier alpha value is -2.71. The number of hydrogen-bond acceptors (Lipinski definition) is 4. The monoisotopic (exact) mass is 483 g/mol. The van der Waals surface area contributed by atoms with Gasteiger partial charge in [0.15, 0.2) is 0 Å². The van der Waals surface area contributed by atoms with Crippen LogP contribution in [0.15, 0.2) is 47.4 Å². The number of nitrogens with one attached hydrogen (secondary N) is 1. The molecule has 8 heteroatoms. The number of rotatable bonds is 6. The molecule has 7 nitrogen and oxygen atoms in total. The number of hydrogen-bond donors (Lipinski definition) is 1. The van der Waals surface area contributed by atoms with Crippen LogP contribution in [0.5, 0.6) is 0 Å². The van der Waals surface area contributed by atoms with Gasteiger partial charge in [0, 0.05) is 38.3 Å². The maximum Gasteiger partial charge on any atom is 0.243 e. The Labute approximate surface area is 202 Å². The lowest BCUT2D eigenvalue weighted by molar-refractivity contribution is -0.126. The van der Waals surface area contributed by atoms with Gasteiger partial charge in [-0.1, -0.05) is 29.8 Å². The molecule has 34 heavy (non-hydrogen) atoms. The lowest BCUT2D eigenvalue weighted by atomic mass is 9.98. The van der Waals surface area contributed by atoms with E-state index < -0.39 is 10.0 Å². The lowest BCUT2D eigenvalue weighted by Gasteiger charge is -2.31. The highest BCUT2D eigenvalue weighted by molar-refractivity contribution is 7.89. The van der Waals surface area contributed by atoms with Gasteiger partial charge < -0.3 is 10.2 Å². The molecule has 0 aliphatic carbocycles. The molecule has 2 amide bonds. The minimum absolute atomic E-state index is 0.00780. The van der Waals surface area contributed by atoms with Gasteiger partial charge in [0.05, 0.1) is 10.8 Å². The van der Waals surface area contributed by atoms with Crippen molar-refractivity contribution in [3.8, 4) is 0 Å². The van der Waals surface area contributed by atoms with Crippen LogP contribution >= 0.6 is 0 Å². The zero-order valence-corrected chi connectivity index (χ0v) is 20.9. The van der Waals surface area contributed by atoms with Crippen molar-refractivity contribution in [1.29, 1.82) is 0 Å². The molecule has 0 unspecified atom stereocenters. The molecule has 2 aromatic rings. The topological polar surface area (TPSA) is 86.8 Å². The van der Waals surface area contributed by atoms with Crippen molar-refractivity contribution in [3.05, 3.63) is 59.2 Å². The van der Waals surface area contributed by atoms with Gasteiger partial charge in [0.1, 0.15) is 0 Å². The van der Waals surface area contributed by atoms with Gasteiger partial charge in [-0.05, 0) is 68.9 Å². The van der Waals surface area contributed by atoms with Gasteiger partial charge in [0.25, 0.3) is 0 Å². The number of piperidine rings is 1. The number of aryl methyl sites for hydroxylation is 1. The molecular weight excluding hydrogens is 450 g/mol. The predicted octanol–water partition coefficient (Wildman–Crippen LogP) is 3.05. The van der Waals surface area contributed by atoms with Gasteiger partial charge in [-0.15, -0.1) is 0 Å². The van der Waals surface area contributed by atoms with Crippen LogP contribution in [0.1, 0.15) is 43.4 Å². The van der Waals surface area contributed by atoms with Gasteiger partial charge >= 0.3 is 0 Å². The maximum atomic E-state index is 13.4. The van der Waals surface area contributed by atoms with Crippen molar-refractivity contribution < 1.29 is 18.0 Å². The molecule has 4 rings (SSSR count). The van der Waals surface area contributed by atoms with E-state index in [1.807, 2.05) is 13.8 Å². The van der Waals surface area contributed by atoms with Crippen molar-refractivity contribution in [1.82, 2.24) is 9.62 Å². The molecule has 1 fully saturated rings. The van der Waals surface area contributed by atoms with Crippen LogP contribution in [0.2, 0.25) is 0 Å². The summed E-state index contributed by atoms with van der Waals surface area (Å²) in [7, 11) is -3.72. The van der Waals surface area contributed by atoms with E-state index in [1.54, 1.807) is 23.1 Å². The molecule has 0 radical (unpaired) electrons. The van der Waals surface area contributed by atoms with Gasteiger partial charge in [0.2, 0.25) is 21.8 Å². The second-order valence-electron chi connectivity index (χ2n) is 9.46. The summed E-state index contributed by atoms with van der Waals surface area (Å²) in [4.78, 5) is 26.7. The third kappa shape index (κ3) is 5.03. The first-order chi connectivity index (χ1) is 16.2. The highest BCUT2D eigenvalue weighted by Gasteiger charge is 2.35. The highest BCUT2D eigenvalue weighted by atomic mass is 32.2. The number of nitrogens with zero attached hydrogens (tertiary/aromatic N) is 2. The van der Waals surface area contributed by atoms with Crippen LogP contribution in [-0.4, -0.2) is 50.2 Å². The molecule has 0 bridgehead atoms. The Morgan fingerprint density at radius 3 is 2.56 bits per heavy atom. The molecule has 2 atom stereocenters. The molecule has 0 aromatic heterocycles. The van der Waals surface area contributed by atoms with Gasteiger partial charge in [-0.2, -0.15) is 4.31 Å². The number of benzene rings is 2. The van der Waals surface area contributed by atoms with Crippen LogP contribution in [0.4, 0.5) is 5.69 Å². The standard InChI is InChI=1S/C26H33N3O4S/c1-18-6-8-21(9-7-18)12-13-27-26(31)22-5-4-14-28(17-22)34(32,33)24-10-11-25-23(16-24)15-19(2)29(25)20(3)30/h6-11,16,19,22H,4-5,12-15,17H2,1-3H3,(H,27,31)/t19-,22+/m1/s1. The largest absolute Gasteiger partial charge is 0.355 e. The first-order valence-electron chi connectivity index (χ1n) is 11.9. The first-order valence-corrected chi connectivity index (χ1v) is 13.4. The van der Waals surface area contributed by atoms with Crippen molar-refractivity contribution >= 4 is 27.5 Å². The van der Waals surface area contributed by atoms with E-state index in [1.165, 1.54) is 16.8 Å². The molecule has 182 valence electrons. The third-order valence-corrected chi connectivity index (χ3v) is 8.69. The van der Waals surface area contributed by atoms with E-state index in [0.717, 1.165) is 23.2 Å². The highest BCUT2D eigenvalue weighted by Crippen LogP contribution is 2.35. The SMILES string of the molecule is CC(=O)N1c2ccc(S(=O)(=O)N3CCC[C@H](C(=O)NCCc4ccc(C)cc4)C3)cc2C[C@H]1C. The van der Waals surface area contributed by atoms with Crippen LogP contribution in [-0.2, 0) is 32.5 Å². The molecule has 2 aliphatic rings. The quantitative estimate of drug-likeness (QED) is 0.684. The molecule has 2 aromatic carbocycles. The second-order valence-corrected chi connectivity index (χ2v) is 11.4. The Balaban J connectivity index is 1.40. The summed E-state index contributed by atoms with van der Waals surface area (Å²) in [6, 6.07) is 13.2. The predicted molar refractivity (Wildman–Crippen MR) is 132 cm³/mol. The molecule has 2 heterocycles. The summed E-state index contributed by atoms with van der Waals surface area (Å²) in [6.45, 7) is 6.64. The molecular formula is C26H33N3O4S. The van der Waals surface area contributed by atoms with Crippen molar-refractivity contribution in [2.24, 2.45) is 5.92 Å². The first kappa shape index (κ1) is 24.4. The smallest absolute Gasteiger partial charge is 0.243 e. The van der Waals surface area contributed by atoms with Gasteiger partial charge in [-0.25, -0.2) is 8.42 Å². The number of carbonyl (C=O) groups excluding carboxylic acids is 2. The molecule has 2 aliphatic heterocycles. The summed E-state index contributed by atoms with van der Waals surface area (Å²) >= 11 is 0. The van der Waals surface area contributed by atoms with E-state index in [-0.39, 0.29) is 35.2 Å². The fraction of sp³-hybridized carbons (Fsp3) is 0.462. The number of sulfonamides is 1. The Morgan fingerprint density at radius 2 is 1.85 bits per heavy atom. The average molecular weight is 484 g/mol. The van der Waals surface area contributed by atoms with E-state index in [0.29, 0.717) is 32.4 Å². The maximum absolute atomic E-state index is 13.4. The number of amides is 2. The van der Waals surface area contributed by atoms with Crippen LogP contribution in [0.25, 0.3) is 0 Å². The van der Waals surface area contributed by atoms with E-state index >= 15 is 0 Å². The summed E-state index contributed by atoms with van der Waals surface area (Å²) in [5, 5.41) is 2.98. The third-order valence-electron chi connectivity index (χ3n) is 6.83. The van der Waals surface area contributed by atoms with E-state index in [2.05, 4.69) is 29.6 Å². The van der Waals surface area contributed by atoms with Crippen LogP contribution in [0, 0.1) is 12.8 Å². The lowest BCUT2D eigenvalue weighted by Crippen LogP contribution is -2.45. The molecule has 0 spiro atoms. The molecule has 1 N–H and O–H groups in total. The average Bonchev–Trinajstić information content (AvgIpc) is 3.15. The summed E-state index contributed by atoms with van der Waals surface area (Å²) in [5.41, 5.74) is 4.01. The van der Waals surface area contributed by atoms with E-state index in [9.17, 15) is 18.0 Å². The number of carbonyl (C=O) groups is 2. The molecule has 1 saturated heterocycles. The summed E-state index contributed by atoms with van der Waals surface area (Å²) in [5.74, 6) is -0.495. The fourth-order valence-electron chi connectivity index (χ4n) is 5.00. The number of anilines is 1. The Kier molecular flexibility index (Phi) is 7.09. The van der Waals surface area contributed by atoms with Crippen LogP contribution < -0.4 is 10.2 Å². The zero-order valence-electron chi connectivity index (χ0n) is 20.1.